The zero-order chi connectivity index (χ0) is 17.9. The molecule has 0 N–H and O–H groups in total. The van der Waals surface area contributed by atoms with E-state index in [1.807, 2.05) is 59.0 Å². The van der Waals surface area contributed by atoms with Crippen LogP contribution in [0.2, 0.25) is 0 Å². The molecule has 0 unspecified atom stereocenters. The molecule has 0 saturated carbocycles. The van der Waals surface area contributed by atoms with E-state index in [0.29, 0.717) is 37.7 Å². The summed E-state index contributed by atoms with van der Waals surface area (Å²) in [5.41, 5.74) is 3.68. The van der Waals surface area contributed by atoms with E-state index in [0.717, 1.165) is 16.8 Å². The molecule has 26 heavy (non-hydrogen) atoms. The highest BCUT2D eigenvalue weighted by Gasteiger charge is 2.24. The maximum Gasteiger partial charge on any atom is 0.255 e. The summed E-state index contributed by atoms with van der Waals surface area (Å²) in [7, 11) is 0. The van der Waals surface area contributed by atoms with Crippen molar-refractivity contribution < 1.29 is 9.53 Å². The first-order valence-electron chi connectivity index (χ1n) is 8.63. The van der Waals surface area contributed by atoms with Crippen LogP contribution < -0.4 is 4.74 Å². The molecular weight excluding hydrogens is 328 g/mol. The number of rotatable bonds is 4. The number of hydrogen-bond acceptors (Lipinski definition) is 4. The maximum absolute atomic E-state index is 12.7. The predicted molar refractivity (Wildman–Crippen MR) is 96.7 cm³/mol. The Labute approximate surface area is 152 Å². The molecule has 3 heterocycles. The molecular formula is C20H20N4O2. The van der Waals surface area contributed by atoms with Gasteiger partial charge in [-0.1, -0.05) is 30.3 Å². The largest absolute Gasteiger partial charge is 0.472 e. The average molecular weight is 348 g/mol. The van der Waals surface area contributed by atoms with Crippen LogP contribution in [0.5, 0.6) is 5.88 Å². The van der Waals surface area contributed by atoms with Gasteiger partial charge in [0.05, 0.1) is 24.3 Å². The first-order chi connectivity index (χ1) is 12.7. The van der Waals surface area contributed by atoms with Crippen molar-refractivity contribution in [3.63, 3.8) is 0 Å². The summed E-state index contributed by atoms with van der Waals surface area (Å²) in [5, 5.41) is 4.49. The van der Waals surface area contributed by atoms with Gasteiger partial charge in [0.1, 0.15) is 6.61 Å². The van der Waals surface area contributed by atoms with E-state index in [9.17, 15) is 4.79 Å². The zero-order valence-electron chi connectivity index (χ0n) is 14.6. The number of carbonyl (C=O) groups is 1. The SMILES string of the molecule is Cc1cncc(C(=O)N2CCn3nc(OCc4ccccc4)cc3C2)c1. The summed E-state index contributed by atoms with van der Waals surface area (Å²) in [6.07, 6.45) is 3.37. The van der Waals surface area contributed by atoms with Gasteiger partial charge < -0.3 is 9.64 Å². The van der Waals surface area contributed by atoms with E-state index >= 15 is 0 Å². The number of amides is 1. The van der Waals surface area contributed by atoms with Gasteiger partial charge in [0.15, 0.2) is 0 Å². The van der Waals surface area contributed by atoms with Gasteiger partial charge in [0, 0.05) is 25.0 Å². The van der Waals surface area contributed by atoms with Crippen LogP contribution in [0.4, 0.5) is 0 Å². The van der Waals surface area contributed by atoms with Crippen LogP contribution in [0.25, 0.3) is 0 Å². The second-order valence-electron chi connectivity index (χ2n) is 6.45. The molecule has 3 aromatic rings. The molecule has 0 bridgehead atoms. The van der Waals surface area contributed by atoms with Crippen molar-refractivity contribution >= 4 is 5.91 Å². The van der Waals surface area contributed by atoms with Crippen LogP contribution in [-0.2, 0) is 19.7 Å². The van der Waals surface area contributed by atoms with Gasteiger partial charge >= 0.3 is 0 Å². The van der Waals surface area contributed by atoms with Crippen molar-refractivity contribution in [2.24, 2.45) is 0 Å². The maximum atomic E-state index is 12.7. The van der Waals surface area contributed by atoms with Crippen LogP contribution in [-0.4, -0.2) is 32.1 Å². The summed E-state index contributed by atoms with van der Waals surface area (Å²) < 4.78 is 7.71. The predicted octanol–water partition coefficient (Wildman–Crippen LogP) is 2.82. The summed E-state index contributed by atoms with van der Waals surface area (Å²) in [6, 6.07) is 13.8. The molecule has 0 radical (unpaired) electrons. The minimum Gasteiger partial charge on any atom is -0.472 e. The molecule has 2 aromatic heterocycles. The van der Waals surface area contributed by atoms with Crippen LogP contribution in [0.15, 0.2) is 54.9 Å². The molecule has 1 aliphatic rings. The summed E-state index contributed by atoms with van der Waals surface area (Å²) in [6.45, 7) is 4.23. The van der Waals surface area contributed by atoms with Crippen molar-refractivity contribution in [1.82, 2.24) is 19.7 Å². The van der Waals surface area contributed by atoms with Crippen molar-refractivity contribution in [3.05, 3.63) is 77.2 Å². The van der Waals surface area contributed by atoms with Gasteiger partial charge in [-0.05, 0) is 24.1 Å². The van der Waals surface area contributed by atoms with Crippen molar-refractivity contribution in [2.45, 2.75) is 26.6 Å². The standard InChI is InChI=1S/C20H20N4O2/c1-15-9-17(12-21-11-15)20(25)23-7-8-24-18(13-23)10-19(22-24)26-14-16-5-3-2-4-6-16/h2-6,9-12H,7-8,13-14H2,1H3. The van der Waals surface area contributed by atoms with Gasteiger partial charge in [-0.2, -0.15) is 0 Å². The molecule has 0 saturated heterocycles. The number of ether oxygens (including phenoxy) is 1. The molecule has 1 aromatic carbocycles. The van der Waals surface area contributed by atoms with Gasteiger partial charge in [-0.3, -0.25) is 14.5 Å². The Morgan fingerprint density at radius 1 is 1.15 bits per heavy atom. The lowest BCUT2D eigenvalue weighted by Crippen LogP contribution is -2.38. The molecule has 6 heteroatoms. The topological polar surface area (TPSA) is 60.2 Å². The van der Waals surface area contributed by atoms with E-state index < -0.39 is 0 Å². The number of hydrogen-bond donors (Lipinski definition) is 0. The molecule has 0 fully saturated rings. The normalized spacial score (nSPS) is 13.3. The fourth-order valence-corrected chi connectivity index (χ4v) is 3.07. The van der Waals surface area contributed by atoms with Gasteiger partial charge in [0.25, 0.3) is 5.91 Å². The Morgan fingerprint density at radius 2 is 2.00 bits per heavy atom. The highest BCUT2D eigenvalue weighted by molar-refractivity contribution is 5.94. The van der Waals surface area contributed by atoms with Crippen molar-refractivity contribution in [1.29, 1.82) is 0 Å². The quantitative estimate of drug-likeness (QED) is 0.727. The summed E-state index contributed by atoms with van der Waals surface area (Å²) >= 11 is 0. The molecule has 0 spiro atoms. The lowest BCUT2D eigenvalue weighted by Gasteiger charge is -2.27. The molecule has 4 rings (SSSR count). The minimum atomic E-state index is 0.000374. The Kier molecular flexibility index (Phi) is 4.39. The van der Waals surface area contributed by atoms with Gasteiger partial charge in [0.2, 0.25) is 5.88 Å². The Balaban J connectivity index is 1.44. The molecule has 0 aliphatic carbocycles. The number of aromatic nitrogens is 3. The molecule has 0 atom stereocenters. The van der Waals surface area contributed by atoms with Gasteiger partial charge in [-0.15, -0.1) is 5.10 Å². The highest BCUT2D eigenvalue weighted by Crippen LogP contribution is 2.20. The third-order valence-electron chi connectivity index (χ3n) is 4.41. The van der Waals surface area contributed by atoms with Gasteiger partial charge in [-0.25, -0.2) is 0 Å². The number of fused-ring (bicyclic) bond motifs is 1. The lowest BCUT2D eigenvalue weighted by atomic mass is 10.2. The number of carbonyl (C=O) groups excluding carboxylic acids is 1. The van der Waals surface area contributed by atoms with E-state index in [2.05, 4.69) is 10.1 Å². The third-order valence-corrected chi connectivity index (χ3v) is 4.41. The fraction of sp³-hybridized carbons (Fsp3) is 0.250. The second kappa shape index (κ2) is 7.00. The minimum absolute atomic E-state index is 0.000374. The zero-order valence-corrected chi connectivity index (χ0v) is 14.6. The van der Waals surface area contributed by atoms with Crippen LogP contribution >= 0.6 is 0 Å². The Bertz CT molecular complexity index is 921. The van der Waals surface area contributed by atoms with Crippen molar-refractivity contribution in [3.8, 4) is 5.88 Å². The number of nitrogens with zero attached hydrogens (tertiary/aromatic N) is 4. The number of aryl methyl sites for hydroxylation is 1. The van der Waals surface area contributed by atoms with Crippen LogP contribution in [0.3, 0.4) is 0 Å². The molecule has 132 valence electrons. The van der Waals surface area contributed by atoms with E-state index in [-0.39, 0.29) is 5.91 Å². The average Bonchev–Trinajstić information content (AvgIpc) is 3.08. The van der Waals surface area contributed by atoms with E-state index in [1.54, 1.807) is 12.4 Å². The highest BCUT2D eigenvalue weighted by atomic mass is 16.5. The Hall–Kier alpha value is -3.15. The number of pyridine rings is 1. The van der Waals surface area contributed by atoms with Crippen LogP contribution in [0, 0.1) is 6.92 Å². The molecule has 1 aliphatic heterocycles. The third kappa shape index (κ3) is 3.44. The summed E-state index contributed by atoms with van der Waals surface area (Å²) in [5.74, 6) is 0.593. The molecule has 1 amide bonds. The first kappa shape index (κ1) is 16.3. The number of benzene rings is 1. The first-order valence-corrected chi connectivity index (χ1v) is 8.63. The molecule has 6 nitrogen and oxygen atoms in total. The van der Waals surface area contributed by atoms with Crippen molar-refractivity contribution in [2.75, 3.05) is 6.54 Å². The summed E-state index contributed by atoms with van der Waals surface area (Å²) in [4.78, 5) is 18.6. The van der Waals surface area contributed by atoms with E-state index in [1.165, 1.54) is 0 Å². The second-order valence-corrected chi connectivity index (χ2v) is 6.45. The lowest BCUT2D eigenvalue weighted by molar-refractivity contribution is 0.0705. The monoisotopic (exact) mass is 348 g/mol. The fourth-order valence-electron chi connectivity index (χ4n) is 3.07. The van der Waals surface area contributed by atoms with E-state index in [4.69, 9.17) is 4.74 Å². The smallest absolute Gasteiger partial charge is 0.255 e. The van der Waals surface area contributed by atoms with Crippen LogP contribution in [0.1, 0.15) is 27.2 Å². The Morgan fingerprint density at radius 3 is 2.81 bits per heavy atom.